The third-order valence-corrected chi connectivity index (χ3v) is 3.01. The van der Waals surface area contributed by atoms with Gasteiger partial charge in [0.2, 0.25) is 5.91 Å². The second kappa shape index (κ2) is 5.20. The molecule has 1 aromatic carbocycles. The van der Waals surface area contributed by atoms with Gasteiger partial charge >= 0.3 is 0 Å². The number of aryl methyl sites for hydroxylation is 1. The topological polar surface area (TPSA) is 90.0 Å². The Morgan fingerprint density at radius 2 is 2.10 bits per heavy atom. The molecule has 21 heavy (non-hydrogen) atoms. The second-order valence-electron chi connectivity index (χ2n) is 4.54. The van der Waals surface area contributed by atoms with Gasteiger partial charge in [-0.15, -0.1) is 0 Å². The number of carbonyl (C=O) groups is 1. The number of nitrogens with one attached hydrogen (secondary N) is 1. The Morgan fingerprint density at radius 1 is 1.33 bits per heavy atom. The average Bonchev–Trinajstić information content (AvgIpc) is 2.85. The number of para-hydroxylation sites is 1. The zero-order valence-electron chi connectivity index (χ0n) is 11.2. The van der Waals surface area contributed by atoms with Gasteiger partial charge in [-0.2, -0.15) is 0 Å². The van der Waals surface area contributed by atoms with Gasteiger partial charge in [-0.3, -0.25) is 14.2 Å². The molecule has 0 aliphatic carbocycles. The van der Waals surface area contributed by atoms with Crippen LogP contribution in [0.25, 0.3) is 11.1 Å². The number of fused-ring (bicyclic) bond motifs is 1. The summed E-state index contributed by atoms with van der Waals surface area (Å²) < 4.78 is 6.14. The minimum atomic E-state index is -0.345. The van der Waals surface area contributed by atoms with Crippen LogP contribution in [0.15, 0.2) is 46.0 Å². The van der Waals surface area contributed by atoms with Gasteiger partial charge in [-0.05, 0) is 19.1 Å². The van der Waals surface area contributed by atoms with Crippen molar-refractivity contribution in [3.8, 4) is 0 Å². The zero-order valence-corrected chi connectivity index (χ0v) is 11.2. The van der Waals surface area contributed by atoms with Crippen molar-refractivity contribution in [2.75, 3.05) is 5.32 Å². The Morgan fingerprint density at radius 3 is 2.86 bits per heavy atom. The molecule has 1 N–H and O–H groups in total. The van der Waals surface area contributed by atoms with E-state index in [1.165, 1.54) is 10.9 Å². The van der Waals surface area contributed by atoms with Gasteiger partial charge in [0.1, 0.15) is 18.3 Å². The number of hydrogen-bond acceptors (Lipinski definition) is 5. The van der Waals surface area contributed by atoms with Crippen molar-refractivity contribution < 1.29 is 9.32 Å². The molecule has 0 atom stereocenters. The Bertz CT molecular complexity index is 852. The van der Waals surface area contributed by atoms with Crippen LogP contribution in [0.3, 0.4) is 0 Å². The molecule has 3 aromatic rings. The maximum absolute atomic E-state index is 12.2. The van der Waals surface area contributed by atoms with Crippen LogP contribution in [0.5, 0.6) is 0 Å². The highest BCUT2D eigenvalue weighted by Gasteiger charge is 2.13. The Labute approximate surface area is 119 Å². The predicted molar refractivity (Wildman–Crippen MR) is 75.9 cm³/mol. The lowest BCUT2D eigenvalue weighted by molar-refractivity contribution is -0.116. The van der Waals surface area contributed by atoms with Crippen LogP contribution in [-0.4, -0.2) is 20.6 Å². The summed E-state index contributed by atoms with van der Waals surface area (Å²) in [7, 11) is 0. The first-order valence-corrected chi connectivity index (χ1v) is 6.31. The van der Waals surface area contributed by atoms with E-state index in [9.17, 15) is 9.59 Å². The quantitative estimate of drug-likeness (QED) is 0.783. The van der Waals surface area contributed by atoms with Crippen molar-refractivity contribution in [3.05, 3.63) is 52.7 Å². The van der Waals surface area contributed by atoms with Crippen LogP contribution in [0, 0.1) is 6.92 Å². The molecule has 1 amide bonds. The molecule has 3 rings (SSSR count). The van der Waals surface area contributed by atoms with Crippen LogP contribution in [0.4, 0.5) is 5.69 Å². The van der Waals surface area contributed by atoms with E-state index in [4.69, 9.17) is 4.52 Å². The minimum Gasteiger partial charge on any atom is -0.335 e. The van der Waals surface area contributed by atoms with Crippen molar-refractivity contribution in [1.82, 2.24) is 14.7 Å². The van der Waals surface area contributed by atoms with Gasteiger partial charge in [-0.25, -0.2) is 4.98 Å². The molecule has 106 valence electrons. The Hall–Kier alpha value is -2.96. The molecule has 0 bridgehead atoms. The van der Waals surface area contributed by atoms with Gasteiger partial charge in [0.25, 0.3) is 11.3 Å². The molecule has 0 radical (unpaired) electrons. The van der Waals surface area contributed by atoms with E-state index >= 15 is 0 Å². The smallest absolute Gasteiger partial charge is 0.267 e. The largest absolute Gasteiger partial charge is 0.335 e. The van der Waals surface area contributed by atoms with E-state index in [1.54, 1.807) is 19.1 Å². The van der Waals surface area contributed by atoms with Crippen LogP contribution < -0.4 is 10.9 Å². The molecule has 0 unspecified atom stereocenters. The number of benzene rings is 1. The fourth-order valence-corrected chi connectivity index (χ4v) is 2.00. The van der Waals surface area contributed by atoms with Crippen LogP contribution >= 0.6 is 0 Å². The SMILES string of the molecule is Cc1noc2ncn(CC(=O)Nc3ccccc3)c(=O)c12. The maximum Gasteiger partial charge on any atom is 0.267 e. The third kappa shape index (κ3) is 2.53. The summed E-state index contributed by atoms with van der Waals surface area (Å²) in [4.78, 5) is 28.2. The lowest BCUT2D eigenvalue weighted by atomic mass is 10.3. The first-order chi connectivity index (χ1) is 10.1. The number of nitrogens with zero attached hydrogens (tertiary/aromatic N) is 3. The van der Waals surface area contributed by atoms with Gasteiger partial charge < -0.3 is 9.84 Å². The number of aromatic nitrogens is 3. The molecule has 0 aliphatic rings. The van der Waals surface area contributed by atoms with E-state index in [0.717, 1.165) is 0 Å². The van der Waals surface area contributed by atoms with E-state index in [0.29, 0.717) is 16.8 Å². The van der Waals surface area contributed by atoms with Crippen molar-refractivity contribution in [1.29, 1.82) is 0 Å². The van der Waals surface area contributed by atoms with Crippen LogP contribution in [0.1, 0.15) is 5.69 Å². The minimum absolute atomic E-state index is 0.124. The van der Waals surface area contributed by atoms with Crippen molar-refractivity contribution >= 4 is 22.7 Å². The van der Waals surface area contributed by atoms with E-state index in [2.05, 4.69) is 15.5 Å². The fraction of sp³-hybridized carbons (Fsp3) is 0.143. The summed E-state index contributed by atoms with van der Waals surface area (Å²) in [5.41, 5.74) is 0.963. The van der Waals surface area contributed by atoms with Gasteiger partial charge in [-0.1, -0.05) is 23.4 Å². The summed E-state index contributed by atoms with van der Waals surface area (Å²) in [5.74, 6) is -0.307. The Kier molecular flexibility index (Phi) is 3.23. The highest BCUT2D eigenvalue weighted by molar-refractivity contribution is 5.90. The van der Waals surface area contributed by atoms with Crippen LogP contribution in [0.2, 0.25) is 0 Å². The number of amides is 1. The standard InChI is InChI=1S/C14H12N4O3/c1-9-12-13(21-17-9)15-8-18(14(12)20)7-11(19)16-10-5-3-2-4-6-10/h2-6,8H,7H2,1H3,(H,16,19). The van der Waals surface area contributed by atoms with Gasteiger partial charge in [0.05, 0.1) is 5.69 Å². The van der Waals surface area contributed by atoms with E-state index in [1.807, 2.05) is 18.2 Å². The Balaban J connectivity index is 1.85. The van der Waals surface area contributed by atoms with Gasteiger partial charge in [0.15, 0.2) is 0 Å². The summed E-state index contributed by atoms with van der Waals surface area (Å²) in [6.45, 7) is 1.53. The maximum atomic E-state index is 12.2. The van der Waals surface area contributed by atoms with Gasteiger partial charge in [0, 0.05) is 5.69 Å². The van der Waals surface area contributed by atoms with E-state index in [-0.39, 0.29) is 23.7 Å². The molecule has 0 spiro atoms. The summed E-state index contributed by atoms with van der Waals surface area (Å²) in [6, 6.07) is 9.02. The first-order valence-electron chi connectivity index (χ1n) is 6.31. The molecule has 7 heteroatoms. The predicted octanol–water partition coefficient (Wildman–Crippen LogP) is 1.33. The number of hydrogen-bond donors (Lipinski definition) is 1. The van der Waals surface area contributed by atoms with Crippen LogP contribution in [-0.2, 0) is 11.3 Å². The molecule has 0 saturated heterocycles. The van der Waals surface area contributed by atoms with Crippen molar-refractivity contribution in [2.45, 2.75) is 13.5 Å². The lowest BCUT2D eigenvalue weighted by Crippen LogP contribution is -2.27. The number of anilines is 1. The average molecular weight is 284 g/mol. The molecule has 0 saturated carbocycles. The molecule has 0 fully saturated rings. The molecule has 7 nitrogen and oxygen atoms in total. The second-order valence-corrected chi connectivity index (χ2v) is 4.54. The molecule has 0 aliphatic heterocycles. The summed E-state index contributed by atoms with van der Waals surface area (Å²) in [6.07, 6.45) is 1.28. The fourth-order valence-electron chi connectivity index (χ4n) is 2.00. The number of rotatable bonds is 3. The summed E-state index contributed by atoms with van der Waals surface area (Å²) >= 11 is 0. The number of carbonyl (C=O) groups excluding carboxylic acids is 1. The molecular weight excluding hydrogens is 272 g/mol. The van der Waals surface area contributed by atoms with Crippen molar-refractivity contribution in [2.24, 2.45) is 0 Å². The zero-order chi connectivity index (χ0) is 14.8. The first kappa shape index (κ1) is 13.0. The molecule has 2 aromatic heterocycles. The molecule has 2 heterocycles. The highest BCUT2D eigenvalue weighted by atomic mass is 16.5. The lowest BCUT2D eigenvalue weighted by Gasteiger charge is -2.06. The third-order valence-electron chi connectivity index (χ3n) is 3.01. The van der Waals surface area contributed by atoms with E-state index < -0.39 is 0 Å². The molecular formula is C14H12N4O3. The summed E-state index contributed by atoms with van der Waals surface area (Å²) in [5, 5.41) is 6.70. The highest BCUT2D eigenvalue weighted by Crippen LogP contribution is 2.10. The normalized spacial score (nSPS) is 10.7. The monoisotopic (exact) mass is 284 g/mol. The van der Waals surface area contributed by atoms with Crippen molar-refractivity contribution in [3.63, 3.8) is 0 Å².